The Morgan fingerprint density at radius 2 is 1.76 bits per heavy atom. The number of anilines is 1. The van der Waals surface area contributed by atoms with Crippen molar-refractivity contribution in [2.75, 3.05) is 18.4 Å². The number of nitrogens with zero attached hydrogens (tertiary/aromatic N) is 2. The average Bonchev–Trinajstić information content (AvgIpc) is 3.16. The van der Waals surface area contributed by atoms with Gasteiger partial charge < -0.3 is 14.6 Å². The highest BCUT2D eigenvalue weighted by molar-refractivity contribution is 5.96. The van der Waals surface area contributed by atoms with Crippen LogP contribution >= 0.6 is 0 Å². The Morgan fingerprint density at radius 1 is 1.07 bits per heavy atom. The van der Waals surface area contributed by atoms with Crippen molar-refractivity contribution in [2.24, 2.45) is 5.92 Å². The van der Waals surface area contributed by atoms with E-state index in [1.165, 1.54) is 0 Å². The van der Waals surface area contributed by atoms with E-state index in [4.69, 9.17) is 4.42 Å². The van der Waals surface area contributed by atoms with Gasteiger partial charge in [0, 0.05) is 24.3 Å². The second-order valence-corrected chi connectivity index (χ2v) is 7.24. The summed E-state index contributed by atoms with van der Waals surface area (Å²) < 4.78 is 5.73. The van der Waals surface area contributed by atoms with Gasteiger partial charge in [0.2, 0.25) is 11.8 Å². The van der Waals surface area contributed by atoms with Crippen LogP contribution in [0.2, 0.25) is 0 Å². The molecule has 0 unspecified atom stereocenters. The molecule has 1 fully saturated rings. The van der Waals surface area contributed by atoms with Crippen LogP contribution in [0.3, 0.4) is 0 Å². The molecule has 1 aliphatic rings. The number of nitrogens with one attached hydrogen (secondary N) is 1. The summed E-state index contributed by atoms with van der Waals surface area (Å²) in [6, 6.07) is 18.9. The number of amides is 2. The van der Waals surface area contributed by atoms with Gasteiger partial charge in [-0.3, -0.25) is 9.59 Å². The summed E-state index contributed by atoms with van der Waals surface area (Å²) in [7, 11) is 0. The van der Waals surface area contributed by atoms with Gasteiger partial charge in [-0.2, -0.15) is 0 Å². The van der Waals surface area contributed by atoms with Crippen LogP contribution in [0.15, 0.2) is 65.1 Å². The first-order valence-corrected chi connectivity index (χ1v) is 9.80. The van der Waals surface area contributed by atoms with E-state index in [2.05, 4.69) is 10.3 Å². The first kappa shape index (κ1) is 18.9. The lowest BCUT2D eigenvalue weighted by Crippen LogP contribution is -2.44. The largest absolute Gasteiger partial charge is 0.441 e. The molecule has 0 radical (unpaired) electrons. The molecule has 1 saturated heterocycles. The van der Waals surface area contributed by atoms with Crippen molar-refractivity contribution in [3.05, 3.63) is 72.1 Å². The predicted molar refractivity (Wildman–Crippen MR) is 110 cm³/mol. The van der Waals surface area contributed by atoms with E-state index in [0.29, 0.717) is 30.4 Å². The summed E-state index contributed by atoms with van der Waals surface area (Å²) >= 11 is 0. The SMILES string of the molecule is Cc1oc(-c2ccccc2)nc1C(=O)N1CCC[C@H](C(=O)Nc2ccccc2)C1. The van der Waals surface area contributed by atoms with E-state index in [1.54, 1.807) is 11.8 Å². The fourth-order valence-electron chi connectivity index (χ4n) is 3.59. The number of likely N-dealkylation sites (tertiary alicyclic amines) is 1. The third-order valence-electron chi connectivity index (χ3n) is 5.14. The van der Waals surface area contributed by atoms with Gasteiger partial charge in [0.25, 0.3) is 5.91 Å². The van der Waals surface area contributed by atoms with Crippen LogP contribution in [0.25, 0.3) is 11.5 Å². The number of rotatable bonds is 4. The lowest BCUT2D eigenvalue weighted by atomic mass is 9.96. The van der Waals surface area contributed by atoms with Gasteiger partial charge in [0.15, 0.2) is 5.69 Å². The van der Waals surface area contributed by atoms with Gasteiger partial charge in [-0.15, -0.1) is 0 Å². The zero-order valence-corrected chi connectivity index (χ0v) is 16.3. The summed E-state index contributed by atoms with van der Waals surface area (Å²) in [6.07, 6.45) is 1.54. The van der Waals surface area contributed by atoms with Crippen molar-refractivity contribution in [1.82, 2.24) is 9.88 Å². The van der Waals surface area contributed by atoms with Crippen molar-refractivity contribution in [1.29, 1.82) is 0 Å². The zero-order chi connectivity index (χ0) is 20.2. The molecule has 0 bridgehead atoms. The minimum atomic E-state index is -0.242. The number of aromatic nitrogens is 1. The molecule has 6 nitrogen and oxygen atoms in total. The van der Waals surface area contributed by atoms with Gasteiger partial charge in [-0.1, -0.05) is 36.4 Å². The molecule has 1 aromatic heterocycles. The lowest BCUT2D eigenvalue weighted by Gasteiger charge is -2.31. The van der Waals surface area contributed by atoms with Crippen molar-refractivity contribution in [3.63, 3.8) is 0 Å². The second kappa shape index (κ2) is 8.31. The van der Waals surface area contributed by atoms with E-state index in [-0.39, 0.29) is 17.7 Å². The third-order valence-corrected chi connectivity index (χ3v) is 5.14. The number of para-hydroxylation sites is 1. The number of aryl methyl sites for hydroxylation is 1. The minimum absolute atomic E-state index is 0.0597. The number of piperidine rings is 1. The number of benzene rings is 2. The molecular formula is C23H23N3O3. The first-order valence-electron chi connectivity index (χ1n) is 9.80. The molecule has 2 amide bonds. The number of hydrogen-bond acceptors (Lipinski definition) is 4. The maximum absolute atomic E-state index is 13.1. The maximum atomic E-state index is 13.1. The van der Waals surface area contributed by atoms with E-state index in [0.717, 1.165) is 24.1 Å². The first-order chi connectivity index (χ1) is 14.1. The highest BCUT2D eigenvalue weighted by Gasteiger charge is 2.31. The zero-order valence-electron chi connectivity index (χ0n) is 16.3. The van der Waals surface area contributed by atoms with Crippen molar-refractivity contribution >= 4 is 17.5 Å². The third kappa shape index (κ3) is 4.21. The molecule has 0 saturated carbocycles. The monoisotopic (exact) mass is 389 g/mol. The van der Waals surface area contributed by atoms with Crippen LogP contribution < -0.4 is 5.32 Å². The normalized spacial score (nSPS) is 16.4. The summed E-state index contributed by atoms with van der Waals surface area (Å²) in [5, 5.41) is 2.94. The predicted octanol–water partition coefficient (Wildman–Crippen LogP) is 4.14. The highest BCUT2D eigenvalue weighted by Crippen LogP contribution is 2.25. The van der Waals surface area contributed by atoms with E-state index < -0.39 is 0 Å². The molecule has 1 aliphatic heterocycles. The molecule has 1 atom stereocenters. The van der Waals surface area contributed by atoms with E-state index in [9.17, 15) is 9.59 Å². The van der Waals surface area contributed by atoms with E-state index in [1.807, 2.05) is 60.7 Å². The van der Waals surface area contributed by atoms with Crippen molar-refractivity contribution < 1.29 is 14.0 Å². The van der Waals surface area contributed by atoms with Crippen molar-refractivity contribution in [3.8, 4) is 11.5 Å². The lowest BCUT2D eigenvalue weighted by molar-refractivity contribution is -0.121. The molecule has 2 aromatic carbocycles. The smallest absolute Gasteiger partial charge is 0.276 e. The van der Waals surface area contributed by atoms with E-state index >= 15 is 0 Å². The van der Waals surface area contributed by atoms with Crippen molar-refractivity contribution in [2.45, 2.75) is 19.8 Å². The minimum Gasteiger partial charge on any atom is -0.441 e. The van der Waals surface area contributed by atoms with Gasteiger partial charge in [0.1, 0.15) is 5.76 Å². The molecule has 29 heavy (non-hydrogen) atoms. The van der Waals surface area contributed by atoms with Crippen LogP contribution in [0.1, 0.15) is 29.1 Å². The van der Waals surface area contributed by atoms with Gasteiger partial charge >= 0.3 is 0 Å². The molecule has 0 spiro atoms. The number of oxazole rings is 1. The van der Waals surface area contributed by atoms with Gasteiger partial charge in [-0.25, -0.2) is 4.98 Å². The molecule has 4 rings (SSSR count). The van der Waals surface area contributed by atoms with Crippen LogP contribution in [-0.4, -0.2) is 34.8 Å². The van der Waals surface area contributed by atoms with Crippen LogP contribution in [0, 0.1) is 12.8 Å². The molecule has 2 heterocycles. The van der Waals surface area contributed by atoms with Gasteiger partial charge in [-0.05, 0) is 44.0 Å². The topological polar surface area (TPSA) is 75.4 Å². The fourth-order valence-corrected chi connectivity index (χ4v) is 3.59. The van der Waals surface area contributed by atoms with Crippen LogP contribution in [0.5, 0.6) is 0 Å². The molecular weight excluding hydrogens is 366 g/mol. The van der Waals surface area contributed by atoms with Gasteiger partial charge in [0.05, 0.1) is 5.92 Å². The number of carbonyl (C=O) groups excluding carboxylic acids is 2. The summed E-state index contributed by atoms with van der Waals surface area (Å²) in [4.78, 5) is 31.8. The number of carbonyl (C=O) groups is 2. The Kier molecular flexibility index (Phi) is 5.42. The Hall–Kier alpha value is -3.41. The summed E-state index contributed by atoms with van der Waals surface area (Å²) in [5.74, 6) is 0.432. The molecule has 3 aromatic rings. The Morgan fingerprint density at radius 3 is 2.48 bits per heavy atom. The highest BCUT2D eigenvalue weighted by atomic mass is 16.4. The summed E-state index contributed by atoms with van der Waals surface area (Å²) in [5.41, 5.74) is 1.90. The average molecular weight is 389 g/mol. The van der Waals surface area contributed by atoms with Crippen LogP contribution in [-0.2, 0) is 4.79 Å². The molecule has 148 valence electrons. The fraction of sp³-hybridized carbons (Fsp3) is 0.261. The Bertz CT molecular complexity index is 999. The van der Waals surface area contributed by atoms with Crippen LogP contribution in [0.4, 0.5) is 5.69 Å². The molecule has 1 N–H and O–H groups in total. The molecule has 0 aliphatic carbocycles. The Balaban J connectivity index is 1.46. The standard InChI is InChI=1S/C23H23N3O3/c1-16-20(25-22(29-16)17-9-4-2-5-10-17)23(28)26-14-8-11-18(15-26)21(27)24-19-12-6-3-7-13-19/h2-7,9-10,12-13,18H,8,11,14-15H2,1H3,(H,24,27)/t18-/m0/s1. The Labute approximate surface area is 169 Å². The molecule has 6 heteroatoms. The maximum Gasteiger partial charge on any atom is 0.276 e. The summed E-state index contributed by atoms with van der Waals surface area (Å²) in [6.45, 7) is 2.74. The second-order valence-electron chi connectivity index (χ2n) is 7.24. The number of hydrogen-bond donors (Lipinski definition) is 1. The quantitative estimate of drug-likeness (QED) is 0.728.